The third kappa shape index (κ3) is 4.35. The van der Waals surface area contributed by atoms with Crippen molar-refractivity contribution in [1.29, 1.82) is 0 Å². The Hall–Kier alpha value is -2.89. The van der Waals surface area contributed by atoms with E-state index in [0.29, 0.717) is 5.69 Å². The molecule has 3 rings (SSSR count). The van der Waals surface area contributed by atoms with E-state index in [-0.39, 0.29) is 17.6 Å². The van der Waals surface area contributed by atoms with Gasteiger partial charge in [-0.25, -0.2) is 0 Å². The van der Waals surface area contributed by atoms with Crippen molar-refractivity contribution in [3.8, 4) is 11.4 Å². The van der Waals surface area contributed by atoms with Crippen LogP contribution in [-0.4, -0.2) is 31.2 Å². The third-order valence-corrected chi connectivity index (χ3v) is 3.63. The van der Waals surface area contributed by atoms with Crippen molar-refractivity contribution in [2.75, 3.05) is 0 Å². The molecule has 0 unspecified atom stereocenters. The predicted octanol–water partition coefficient (Wildman–Crippen LogP) is 3.90. The number of hydrogen-bond acceptors (Lipinski definition) is 4. The molecule has 0 saturated heterocycles. The molecule has 25 heavy (non-hydrogen) atoms. The van der Waals surface area contributed by atoms with Crippen molar-refractivity contribution >= 4 is 17.0 Å². The number of phenolic OH excluding ortho intramolecular Hbond substituents is 1. The highest BCUT2D eigenvalue weighted by Gasteiger charge is 2.21. The van der Waals surface area contributed by atoms with Crippen molar-refractivity contribution in [3.05, 3.63) is 48.0 Å². The number of nitrogens with zero attached hydrogens (tertiary/aromatic N) is 3. The minimum absolute atomic E-state index is 0.132. The van der Waals surface area contributed by atoms with Crippen LogP contribution in [-0.2, 0) is 10.2 Å². The number of carbonyl (C=O) groups is 1. The Labute approximate surface area is 146 Å². The lowest BCUT2D eigenvalue weighted by atomic mass is 9.86. The summed E-state index contributed by atoms with van der Waals surface area (Å²) in [4.78, 5) is 10.9. The molecule has 1 aromatic heterocycles. The number of carboxylic acid groups (broad SMARTS) is 1. The summed E-state index contributed by atoms with van der Waals surface area (Å²) in [7, 11) is 0. The quantitative estimate of drug-likeness (QED) is 0.738. The summed E-state index contributed by atoms with van der Waals surface area (Å²) in [6.45, 7) is 7.80. The van der Waals surface area contributed by atoms with Crippen LogP contribution in [0.4, 0.5) is 0 Å². The normalized spacial score (nSPS) is 11.0. The molecule has 0 bridgehead atoms. The van der Waals surface area contributed by atoms with Crippen LogP contribution >= 0.6 is 0 Å². The number of aliphatic carboxylic acids is 1. The molecule has 2 aromatic carbocycles. The number of carboxylic acids is 1. The second kappa shape index (κ2) is 7.34. The van der Waals surface area contributed by atoms with Crippen LogP contribution in [0.3, 0.4) is 0 Å². The summed E-state index contributed by atoms with van der Waals surface area (Å²) < 4.78 is 0. The largest absolute Gasteiger partial charge is 0.505 e. The molecule has 0 radical (unpaired) electrons. The molecule has 0 aliphatic rings. The molecule has 1 heterocycles. The Morgan fingerprint density at radius 1 is 1.04 bits per heavy atom. The molecule has 0 amide bonds. The Kier molecular flexibility index (Phi) is 5.41. The van der Waals surface area contributed by atoms with Crippen molar-refractivity contribution in [1.82, 2.24) is 15.0 Å². The molecule has 0 atom stereocenters. The van der Waals surface area contributed by atoms with Gasteiger partial charge in [-0.05, 0) is 23.6 Å². The van der Waals surface area contributed by atoms with Gasteiger partial charge in [-0.1, -0.05) is 52.0 Å². The zero-order valence-electron chi connectivity index (χ0n) is 14.9. The van der Waals surface area contributed by atoms with Gasteiger partial charge in [0.1, 0.15) is 22.5 Å². The van der Waals surface area contributed by atoms with Crippen LogP contribution in [0.5, 0.6) is 5.75 Å². The van der Waals surface area contributed by atoms with Gasteiger partial charge < -0.3 is 10.2 Å². The molecule has 2 N–H and O–H groups in total. The van der Waals surface area contributed by atoms with Gasteiger partial charge in [0, 0.05) is 12.0 Å². The van der Waals surface area contributed by atoms with Gasteiger partial charge in [-0.3, -0.25) is 4.79 Å². The maximum absolute atomic E-state index is 10.5. The monoisotopic (exact) mass is 341 g/mol. The SMILES string of the molecule is CC(C)(C)c1cccc(-n2nc3ccccc3n2)c1O.CCC(=O)O. The Morgan fingerprint density at radius 2 is 1.56 bits per heavy atom. The summed E-state index contributed by atoms with van der Waals surface area (Å²) in [6, 6.07) is 13.3. The molecular weight excluding hydrogens is 318 g/mol. The van der Waals surface area contributed by atoms with Crippen LogP contribution in [0, 0.1) is 0 Å². The summed E-state index contributed by atoms with van der Waals surface area (Å²) in [5, 5.41) is 27.0. The summed E-state index contributed by atoms with van der Waals surface area (Å²) >= 11 is 0. The first kappa shape index (κ1) is 18.4. The number of hydrogen-bond donors (Lipinski definition) is 2. The number of rotatable bonds is 2. The number of aromatic nitrogens is 3. The van der Waals surface area contributed by atoms with Crippen LogP contribution in [0.2, 0.25) is 0 Å². The van der Waals surface area contributed by atoms with Crippen molar-refractivity contribution in [2.24, 2.45) is 0 Å². The molecule has 6 heteroatoms. The Bertz CT molecular complexity index is 846. The highest BCUT2D eigenvalue weighted by Crippen LogP contribution is 2.34. The molecule has 3 aromatic rings. The average Bonchev–Trinajstić information content (AvgIpc) is 2.98. The zero-order chi connectivity index (χ0) is 18.6. The van der Waals surface area contributed by atoms with Crippen molar-refractivity contribution in [2.45, 2.75) is 39.5 Å². The van der Waals surface area contributed by atoms with Crippen LogP contribution < -0.4 is 0 Å². The van der Waals surface area contributed by atoms with Gasteiger partial charge in [0.15, 0.2) is 0 Å². The van der Waals surface area contributed by atoms with Gasteiger partial charge >= 0.3 is 5.97 Å². The molecule has 0 aliphatic carbocycles. The van der Waals surface area contributed by atoms with E-state index in [1.165, 1.54) is 4.80 Å². The number of para-hydroxylation sites is 1. The van der Waals surface area contributed by atoms with Gasteiger partial charge in [0.25, 0.3) is 0 Å². The number of phenols is 1. The fourth-order valence-electron chi connectivity index (χ4n) is 2.27. The van der Waals surface area contributed by atoms with Crippen molar-refractivity contribution < 1.29 is 15.0 Å². The lowest BCUT2D eigenvalue weighted by Crippen LogP contribution is -2.12. The summed E-state index contributed by atoms with van der Waals surface area (Å²) in [6.07, 6.45) is 0.222. The average molecular weight is 341 g/mol. The van der Waals surface area contributed by atoms with Crippen LogP contribution in [0.1, 0.15) is 39.7 Å². The third-order valence-electron chi connectivity index (χ3n) is 3.63. The second-order valence-corrected chi connectivity index (χ2v) is 6.65. The summed E-state index contributed by atoms with van der Waals surface area (Å²) in [5.74, 6) is -0.509. The first-order valence-corrected chi connectivity index (χ1v) is 8.10. The molecule has 0 aliphatic heterocycles. The van der Waals surface area contributed by atoms with E-state index >= 15 is 0 Å². The lowest BCUT2D eigenvalue weighted by molar-refractivity contribution is -0.136. The summed E-state index contributed by atoms with van der Waals surface area (Å²) in [5.41, 5.74) is 2.98. The van der Waals surface area contributed by atoms with E-state index in [1.807, 2.05) is 42.5 Å². The molecular formula is C19H23N3O3. The number of aromatic hydroxyl groups is 1. The second-order valence-electron chi connectivity index (χ2n) is 6.65. The van der Waals surface area contributed by atoms with E-state index < -0.39 is 5.97 Å². The van der Waals surface area contributed by atoms with E-state index in [9.17, 15) is 9.90 Å². The molecule has 0 fully saturated rings. The van der Waals surface area contributed by atoms with Gasteiger partial charge in [0.05, 0.1) is 0 Å². The predicted molar refractivity (Wildman–Crippen MR) is 97.2 cm³/mol. The molecule has 6 nitrogen and oxygen atoms in total. The standard InChI is InChI=1S/C16H17N3O.C3H6O2/c1-16(2,3)11-7-6-10-14(15(11)20)19-17-12-8-4-5-9-13(12)18-19;1-2-3(4)5/h4-10,20H,1-3H3;2H2,1H3,(H,4,5). The van der Waals surface area contributed by atoms with E-state index in [2.05, 4.69) is 31.0 Å². The lowest BCUT2D eigenvalue weighted by Gasteiger charge is -2.21. The fourth-order valence-corrected chi connectivity index (χ4v) is 2.27. The van der Waals surface area contributed by atoms with Gasteiger partial charge in [-0.15, -0.1) is 15.0 Å². The Balaban J connectivity index is 0.000000399. The Morgan fingerprint density at radius 3 is 2.00 bits per heavy atom. The highest BCUT2D eigenvalue weighted by atomic mass is 16.4. The topological polar surface area (TPSA) is 88.2 Å². The molecule has 0 saturated carbocycles. The zero-order valence-corrected chi connectivity index (χ0v) is 14.9. The smallest absolute Gasteiger partial charge is 0.303 e. The minimum Gasteiger partial charge on any atom is -0.505 e. The first-order chi connectivity index (χ1) is 11.7. The van der Waals surface area contributed by atoms with Gasteiger partial charge in [0.2, 0.25) is 0 Å². The van der Waals surface area contributed by atoms with Crippen molar-refractivity contribution in [3.63, 3.8) is 0 Å². The van der Waals surface area contributed by atoms with Gasteiger partial charge in [-0.2, -0.15) is 0 Å². The number of fused-ring (bicyclic) bond motifs is 1. The van der Waals surface area contributed by atoms with E-state index in [1.54, 1.807) is 6.92 Å². The van der Waals surface area contributed by atoms with E-state index in [0.717, 1.165) is 16.6 Å². The van der Waals surface area contributed by atoms with Crippen LogP contribution in [0.15, 0.2) is 42.5 Å². The molecule has 0 spiro atoms. The maximum Gasteiger partial charge on any atom is 0.303 e. The highest BCUT2D eigenvalue weighted by molar-refractivity contribution is 5.73. The van der Waals surface area contributed by atoms with Crippen LogP contribution in [0.25, 0.3) is 16.7 Å². The molecule has 132 valence electrons. The first-order valence-electron chi connectivity index (χ1n) is 8.10. The number of benzene rings is 2. The van der Waals surface area contributed by atoms with E-state index in [4.69, 9.17) is 5.11 Å². The maximum atomic E-state index is 10.5. The minimum atomic E-state index is -0.745. The fraction of sp³-hybridized carbons (Fsp3) is 0.316.